The summed E-state index contributed by atoms with van der Waals surface area (Å²) in [6, 6.07) is 6.39. The lowest BCUT2D eigenvalue weighted by molar-refractivity contribution is -0.136. The number of nitrogens with one attached hydrogen (secondary N) is 1. The first-order chi connectivity index (χ1) is 7.83. The third-order valence-corrected chi connectivity index (χ3v) is 3.52. The van der Waals surface area contributed by atoms with E-state index < -0.39 is 16.2 Å². The number of nitrogens with zero attached hydrogens (tertiary/aromatic N) is 1. The van der Waals surface area contributed by atoms with Gasteiger partial charge in [0.15, 0.2) is 0 Å². The second-order valence-corrected chi connectivity index (χ2v) is 5.50. The van der Waals surface area contributed by atoms with E-state index in [4.69, 9.17) is 5.11 Å². The van der Waals surface area contributed by atoms with Crippen LogP contribution >= 0.6 is 0 Å². The van der Waals surface area contributed by atoms with E-state index in [0.29, 0.717) is 5.56 Å². The molecule has 0 unspecified atom stereocenters. The molecule has 2 N–H and O–H groups in total. The minimum atomic E-state index is -3.62. The lowest BCUT2D eigenvalue weighted by Crippen LogP contribution is -2.29. The molecule has 0 aromatic heterocycles. The van der Waals surface area contributed by atoms with Gasteiger partial charge < -0.3 is 5.11 Å². The number of hydrogen-bond acceptors (Lipinski definition) is 3. The molecule has 0 bridgehead atoms. The average Bonchev–Trinajstić information content (AvgIpc) is 2.19. The maximum Gasteiger partial charge on any atom is 0.307 e. The Morgan fingerprint density at radius 3 is 2.47 bits per heavy atom. The second kappa shape index (κ2) is 5.15. The number of rotatable bonds is 5. The molecular formula is C10H14N2O4S. The quantitative estimate of drug-likeness (QED) is 0.806. The largest absolute Gasteiger partial charge is 0.481 e. The molecule has 17 heavy (non-hydrogen) atoms. The smallest absolute Gasteiger partial charge is 0.307 e. The van der Waals surface area contributed by atoms with Crippen LogP contribution in [-0.2, 0) is 21.4 Å². The van der Waals surface area contributed by atoms with E-state index >= 15 is 0 Å². The Kier molecular flexibility index (Phi) is 4.08. The zero-order chi connectivity index (χ0) is 13.1. The van der Waals surface area contributed by atoms with Crippen molar-refractivity contribution in [1.29, 1.82) is 0 Å². The summed E-state index contributed by atoms with van der Waals surface area (Å²) in [5.74, 6) is -1.01. The minimum Gasteiger partial charge on any atom is -0.481 e. The van der Waals surface area contributed by atoms with E-state index in [1.54, 1.807) is 18.2 Å². The number of benzene rings is 1. The standard InChI is InChI=1S/C10H14N2O4S/c1-12(2)17(15,16)11-9-6-4-3-5-8(9)7-10(13)14/h3-6,11H,7H2,1-2H3,(H,13,14). The minimum absolute atomic E-state index is 0.230. The number of carboxylic acids is 1. The number of aliphatic carboxylic acids is 1. The predicted molar refractivity (Wildman–Crippen MR) is 64.0 cm³/mol. The molecule has 0 saturated carbocycles. The molecule has 0 atom stereocenters. The molecule has 0 radical (unpaired) electrons. The number of carboxylic acid groups (broad SMARTS) is 1. The van der Waals surface area contributed by atoms with Crippen LogP contribution in [0.15, 0.2) is 24.3 Å². The van der Waals surface area contributed by atoms with Crippen LogP contribution < -0.4 is 4.72 Å². The van der Waals surface area contributed by atoms with Crippen LogP contribution in [-0.4, -0.2) is 37.9 Å². The number of carbonyl (C=O) groups is 1. The fourth-order valence-corrected chi connectivity index (χ4v) is 1.83. The van der Waals surface area contributed by atoms with Crippen LogP contribution in [0.25, 0.3) is 0 Å². The van der Waals surface area contributed by atoms with Crippen LogP contribution in [0.3, 0.4) is 0 Å². The highest BCUT2D eigenvalue weighted by atomic mass is 32.2. The van der Waals surface area contributed by atoms with Crippen molar-refractivity contribution in [2.75, 3.05) is 18.8 Å². The highest BCUT2D eigenvalue weighted by molar-refractivity contribution is 7.90. The predicted octanol–water partition coefficient (Wildman–Crippen LogP) is 0.532. The number of hydrogen-bond donors (Lipinski definition) is 2. The van der Waals surface area contributed by atoms with Crippen molar-refractivity contribution in [2.45, 2.75) is 6.42 Å². The summed E-state index contributed by atoms with van der Waals surface area (Å²) in [6.45, 7) is 0. The Labute approximate surface area is 100 Å². The van der Waals surface area contributed by atoms with Crippen molar-refractivity contribution in [1.82, 2.24) is 4.31 Å². The van der Waals surface area contributed by atoms with Gasteiger partial charge in [-0.3, -0.25) is 9.52 Å². The second-order valence-electron chi connectivity index (χ2n) is 3.62. The summed E-state index contributed by atoms with van der Waals surface area (Å²) in [6.07, 6.45) is -0.230. The van der Waals surface area contributed by atoms with Gasteiger partial charge in [0.2, 0.25) is 0 Å². The van der Waals surface area contributed by atoms with Gasteiger partial charge in [-0.15, -0.1) is 0 Å². The molecule has 94 valence electrons. The SMILES string of the molecule is CN(C)S(=O)(=O)Nc1ccccc1CC(=O)O. The molecule has 1 aromatic rings. The molecule has 0 saturated heterocycles. The molecule has 0 fully saturated rings. The van der Waals surface area contributed by atoms with Crippen molar-refractivity contribution in [3.8, 4) is 0 Å². The van der Waals surface area contributed by atoms with E-state index in [1.165, 1.54) is 20.2 Å². The third-order valence-electron chi connectivity index (χ3n) is 2.08. The Bertz CT molecular complexity index is 511. The molecule has 0 heterocycles. The summed E-state index contributed by atoms with van der Waals surface area (Å²) in [5, 5.41) is 8.71. The van der Waals surface area contributed by atoms with Crippen LogP contribution in [0.1, 0.15) is 5.56 Å². The topological polar surface area (TPSA) is 86.7 Å². The molecule has 1 rings (SSSR count). The van der Waals surface area contributed by atoms with Crippen molar-refractivity contribution in [3.63, 3.8) is 0 Å². The van der Waals surface area contributed by atoms with Crippen molar-refractivity contribution >= 4 is 21.9 Å². The fraction of sp³-hybridized carbons (Fsp3) is 0.300. The van der Waals surface area contributed by atoms with Gasteiger partial charge in [-0.25, -0.2) is 0 Å². The zero-order valence-corrected chi connectivity index (χ0v) is 10.4. The zero-order valence-electron chi connectivity index (χ0n) is 9.54. The summed E-state index contributed by atoms with van der Waals surface area (Å²) >= 11 is 0. The van der Waals surface area contributed by atoms with Gasteiger partial charge >= 0.3 is 16.2 Å². The van der Waals surface area contributed by atoms with Crippen LogP contribution in [0.4, 0.5) is 5.69 Å². The number of anilines is 1. The van der Waals surface area contributed by atoms with E-state index in [0.717, 1.165) is 4.31 Å². The van der Waals surface area contributed by atoms with Gasteiger partial charge in [-0.2, -0.15) is 12.7 Å². The first-order valence-corrected chi connectivity index (χ1v) is 6.27. The van der Waals surface area contributed by atoms with E-state index in [1.807, 2.05) is 0 Å². The van der Waals surface area contributed by atoms with Crippen molar-refractivity contribution in [3.05, 3.63) is 29.8 Å². The summed E-state index contributed by atoms with van der Waals surface area (Å²) in [4.78, 5) is 10.6. The van der Waals surface area contributed by atoms with E-state index in [9.17, 15) is 13.2 Å². The van der Waals surface area contributed by atoms with Gasteiger partial charge in [-0.05, 0) is 11.6 Å². The molecule has 1 aromatic carbocycles. The molecular weight excluding hydrogens is 244 g/mol. The van der Waals surface area contributed by atoms with Gasteiger partial charge in [0.1, 0.15) is 0 Å². The highest BCUT2D eigenvalue weighted by Crippen LogP contribution is 2.17. The Morgan fingerprint density at radius 1 is 1.35 bits per heavy atom. The third kappa shape index (κ3) is 3.72. The monoisotopic (exact) mass is 258 g/mol. The average molecular weight is 258 g/mol. The van der Waals surface area contributed by atoms with E-state index in [2.05, 4.69) is 4.72 Å². The molecule has 7 heteroatoms. The molecule has 0 amide bonds. The maximum absolute atomic E-state index is 11.6. The normalized spacial score (nSPS) is 11.5. The summed E-state index contributed by atoms with van der Waals surface area (Å²) in [5.41, 5.74) is 0.703. The molecule has 6 nitrogen and oxygen atoms in total. The van der Waals surface area contributed by atoms with Gasteiger partial charge in [0.25, 0.3) is 0 Å². The van der Waals surface area contributed by atoms with Crippen molar-refractivity contribution in [2.24, 2.45) is 0 Å². The first-order valence-electron chi connectivity index (χ1n) is 4.83. The van der Waals surface area contributed by atoms with E-state index in [-0.39, 0.29) is 12.1 Å². The van der Waals surface area contributed by atoms with Crippen LogP contribution in [0, 0.1) is 0 Å². The Balaban J connectivity index is 3.03. The Morgan fingerprint density at radius 2 is 1.94 bits per heavy atom. The Hall–Kier alpha value is -1.60. The lowest BCUT2D eigenvalue weighted by atomic mass is 10.1. The fourth-order valence-electron chi connectivity index (χ4n) is 1.17. The molecule has 0 aliphatic rings. The molecule has 0 aliphatic heterocycles. The first kappa shape index (κ1) is 13.5. The van der Waals surface area contributed by atoms with Crippen LogP contribution in [0.5, 0.6) is 0 Å². The lowest BCUT2D eigenvalue weighted by Gasteiger charge is -2.15. The summed E-state index contributed by atoms with van der Waals surface area (Å²) in [7, 11) is -0.837. The molecule has 0 spiro atoms. The van der Waals surface area contributed by atoms with Crippen molar-refractivity contribution < 1.29 is 18.3 Å². The van der Waals surface area contributed by atoms with Gasteiger partial charge in [0.05, 0.1) is 12.1 Å². The number of para-hydroxylation sites is 1. The maximum atomic E-state index is 11.6. The molecule has 0 aliphatic carbocycles. The van der Waals surface area contributed by atoms with Crippen LogP contribution in [0.2, 0.25) is 0 Å². The van der Waals surface area contributed by atoms with Gasteiger partial charge in [-0.1, -0.05) is 18.2 Å². The summed E-state index contributed by atoms with van der Waals surface area (Å²) < 4.78 is 26.6. The highest BCUT2D eigenvalue weighted by Gasteiger charge is 2.15. The van der Waals surface area contributed by atoms with Gasteiger partial charge in [0, 0.05) is 14.1 Å².